The Morgan fingerprint density at radius 1 is 1.00 bits per heavy atom. The van der Waals surface area contributed by atoms with Crippen LogP contribution in [-0.4, -0.2) is 60.2 Å². The number of carbonyl (C=O) groups is 3. The number of anilines is 2. The van der Waals surface area contributed by atoms with Gasteiger partial charge in [0.15, 0.2) is 0 Å². The molecule has 8 heteroatoms. The Labute approximate surface area is 233 Å². The van der Waals surface area contributed by atoms with Gasteiger partial charge in [-0.2, -0.15) is 0 Å². The van der Waals surface area contributed by atoms with Gasteiger partial charge in [0.25, 0.3) is 0 Å². The van der Waals surface area contributed by atoms with Gasteiger partial charge in [0, 0.05) is 49.4 Å². The quantitative estimate of drug-likeness (QED) is 0.374. The minimum atomic E-state index is -0.507. The van der Waals surface area contributed by atoms with Crippen LogP contribution in [0.2, 0.25) is 0 Å². The predicted octanol–water partition coefficient (Wildman–Crippen LogP) is 4.98. The molecule has 2 N–H and O–H groups in total. The first-order chi connectivity index (χ1) is 19.0. The summed E-state index contributed by atoms with van der Waals surface area (Å²) in [6, 6.07) is 19.4. The van der Waals surface area contributed by atoms with Gasteiger partial charge < -0.3 is 20.4 Å². The van der Waals surface area contributed by atoms with Crippen LogP contribution >= 0.6 is 11.3 Å². The van der Waals surface area contributed by atoms with Crippen LogP contribution in [0, 0.1) is 5.92 Å². The number of likely N-dealkylation sites (tertiary alicyclic amines) is 2. The lowest BCUT2D eigenvalue weighted by Gasteiger charge is -2.26. The molecule has 7 nitrogen and oxygen atoms in total. The van der Waals surface area contributed by atoms with Gasteiger partial charge in [0.05, 0.1) is 5.92 Å². The molecule has 3 aromatic rings. The summed E-state index contributed by atoms with van der Waals surface area (Å²) in [6.07, 6.45) is 6.52. The maximum atomic E-state index is 13.4. The zero-order chi connectivity index (χ0) is 27.2. The molecule has 1 aromatic heterocycles. The van der Waals surface area contributed by atoms with Gasteiger partial charge in [0.2, 0.25) is 17.7 Å². The average molecular weight is 543 g/mol. The molecule has 5 rings (SSSR count). The van der Waals surface area contributed by atoms with Crippen molar-refractivity contribution in [3.05, 3.63) is 82.0 Å². The lowest BCUT2D eigenvalue weighted by Crippen LogP contribution is -2.46. The van der Waals surface area contributed by atoms with Gasteiger partial charge in [-0.25, -0.2) is 0 Å². The summed E-state index contributed by atoms with van der Waals surface area (Å²) < 4.78 is 0. The van der Waals surface area contributed by atoms with E-state index >= 15 is 0 Å². The molecule has 2 aliphatic heterocycles. The van der Waals surface area contributed by atoms with E-state index in [1.165, 1.54) is 4.88 Å². The molecule has 2 aliphatic rings. The molecule has 2 atom stereocenters. The van der Waals surface area contributed by atoms with Gasteiger partial charge in [-0.15, -0.1) is 11.3 Å². The Morgan fingerprint density at radius 2 is 1.69 bits per heavy atom. The van der Waals surface area contributed by atoms with Crippen molar-refractivity contribution in [3.63, 3.8) is 0 Å². The Hall–Kier alpha value is -3.91. The van der Waals surface area contributed by atoms with Crippen molar-refractivity contribution in [2.75, 3.05) is 37.3 Å². The van der Waals surface area contributed by atoms with E-state index in [4.69, 9.17) is 0 Å². The van der Waals surface area contributed by atoms with Crippen LogP contribution < -0.4 is 10.6 Å². The lowest BCUT2D eigenvalue weighted by molar-refractivity contribution is -0.140. The normalized spacial score (nSPS) is 19.2. The summed E-state index contributed by atoms with van der Waals surface area (Å²) in [5.74, 6) is -0.612. The van der Waals surface area contributed by atoms with Crippen LogP contribution in [0.4, 0.5) is 11.4 Å². The molecular weight excluding hydrogens is 508 g/mol. The molecular formula is C31H34N4O3S. The molecule has 0 radical (unpaired) electrons. The SMILES string of the molecule is CNc1ccc(/C=C/c2ccc(NC(=O)C3CCCN3C(=O)[C@@H]3CC(=O)N(CCc4cccs4)C3)cc2)cc1. The van der Waals surface area contributed by atoms with Crippen molar-refractivity contribution < 1.29 is 14.4 Å². The first kappa shape index (κ1) is 26.7. The largest absolute Gasteiger partial charge is 0.388 e. The van der Waals surface area contributed by atoms with Crippen LogP contribution in [0.15, 0.2) is 66.0 Å². The molecule has 1 unspecified atom stereocenters. The van der Waals surface area contributed by atoms with E-state index in [-0.39, 0.29) is 30.1 Å². The monoisotopic (exact) mass is 542 g/mol. The molecule has 0 saturated carbocycles. The second-order valence-electron chi connectivity index (χ2n) is 10.1. The maximum absolute atomic E-state index is 13.4. The summed E-state index contributed by atoms with van der Waals surface area (Å²) in [5.41, 5.74) is 3.90. The molecule has 2 fully saturated rings. The minimum absolute atomic E-state index is 0.0224. The maximum Gasteiger partial charge on any atom is 0.247 e. The van der Waals surface area contributed by atoms with E-state index in [2.05, 4.69) is 28.8 Å². The fourth-order valence-electron chi connectivity index (χ4n) is 5.25. The van der Waals surface area contributed by atoms with E-state index < -0.39 is 6.04 Å². The topological polar surface area (TPSA) is 81.7 Å². The number of nitrogens with zero attached hydrogens (tertiary/aromatic N) is 2. The standard InChI is InChI=1S/C31H34N4O3S/c1-32-25-12-8-22(9-13-25)6-7-23-10-14-26(15-11-23)33-30(37)28-5-2-17-35(28)31(38)24-20-29(36)34(21-24)18-16-27-4-3-19-39-27/h3-4,6-15,19,24,28,32H,2,5,16-18,20-21H2,1H3,(H,33,37)/b7-6+/t24-,28?/m1/s1. The summed E-state index contributed by atoms with van der Waals surface area (Å²) in [5, 5.41) is 8.13. The van der Waals surface area contributed by atoms with Gasteiger partial charge in [-0.1, -0.05) is 42.5 Å². The number of carbonyl (C=O) groups excluding carboxylic acids is 3. The molecule has 2 aromatic carbocycles. The smallest absolute Gasteiger partial charge is 0.247 e. The number of hydrogen-bond acceptors (Lipinski definition) is 5. The third-order valence-electron chi connectivity index (χ3n) is 7.46. The number of thiophene rings is 1. The van der Waals surface area contributed by atoms with Crippen LogP contribution in [0.1, 0.15) is 35.3 Å². The molecule has 3 heterocycles. The molecule has 0 bridgehead atoms. The zero-order valence-electron chi connectivity index (χ0n) is 22.1. The summed E-state index contributed by atoms with van der Waals surface area (Å²) in [6.45, 7) is 1.61. The molecule has 0 aliphatic carbocycles. The molecule has 2 saturated heterocycles. The number of hydrogen-bond donors (Lipinski definition) is 2. The third-order valence-corrected chi connectivity index (χ3v) is 8.39. The summed E-state index contributed by atoms with van der Waals surface area (Å²) >= 11 is 1.68. The van der Waals surface area contributed by atoms with E-state index in [1.807, 2.05) is 67.0 Å². The molecule has 0 spiro atoms. The van der Waals surface area contributed by atoms with E-state index in [0.29, 0.717) is 31.7 Å². The average Bonchev–Trinajstić information content (AvgIpc) is 3.73. The number of nitrogens with one attached hydrogen (secondary N) is 2. The number of benzene rings is 2. The van der Waals surface area contributed by atoms with Gasteiger partial charge >= 0.3 is 0 Å². The Balaban J connectivity index is 1.14. The van der Waals surface area contributed by atoms with Gasteiger partial charge in [-0.05, 0) is 66.1 Å². The van der Waals surface area contributed by atoms with Gasteiger partial charge in [0.1, 0.15) is 6.04 Å². The van der Waals surface area contributed by atoms with E-state index in [1.54, 1.807) is 21.1 Å². The summed E-state index contributed by atoms with van der Waals surface area (Å²) in [4.78, 5) is 43.8. The van der Waals surface area contributed by atoms with E-state index in [9.17, 15) is 14.4 Å². The van der Waals surface area contributed by atoms with Crippen molar-refractivity contribution >= 4 is 52.6 Å². The van der Waals surface area contributed by atoms with Crippen molar-refractivity contribution in [1.82, 2.24) is 9.80 Å². The van der Waals surface area contributed by atoms with Crippen LogP contribution in [-0.2, 0) is 20.8 Å². The Morgan fingerprint density at radius 3 is 2.33 bits per heavy atom. The highest BCUT2D eigenvalue weighted by molar-refractivity contribution is 7.09. The van der Waals surface area contributed by atoms with Crippen LogP contribution in [0.3, 0.4) is 0 Å². The third kappa shape index (κ3) is 6.57. The minimum Gasteiger partial charge on any atom is -0.388 e. The first-order valence-corrected chi connectivity index (χ1v) is 14.4. The van der Waals surface area contributed by atoms with Crippen molar-refractivity contribution in [2.24, 2.45) is 5.92 Å². The van der Waals surface area contributed by atoms with Gasteiger partial charge in [-0.3, -0.25) is 14.4 Å². The second-order valence-corrected chi connectivity index (χ2v) is 11.1. The number of amides is 3. The highest BCUT2D eigenvalue weighted by Gasteiger charge is 2.41. The van der Waals surface area contributed by atoms with Crippen molar-refractivity contribution in [1.29, 1.82) is 0 Å². The molecule has 39 heavy (non-hydrogen) atoms. The zero-order valence-corrected chi connectivity index (χ0v) is 23.0. The fourth-order valence-corrected chi connectivity index (χ4v) is 5.95. The fraction of sp³-hybridized carbons (Fsp3) is 0.323. The Bertz CT molecular complexity index is 1320. The molecule has 3 amide bonds. The first-order valence-electron chi connectivity index (χ1n) is 13.5. The lowest BCUT2D eigenvalue weighted by atomic mass is 10.1. The number of rotatable bonds is 9. The second kappa shape index (κ2) is 12.3. The van der Waals surface area contributed by atoms with Crippen LogP contribution in [0.5, 0.6) is 0 Å². The molecule has 202 valence electrons. The van der Waals surface area contributed by atoms with Crippen molar-refractivity contribution in [2.45, 2.75) is 31.7 Å². The highest BCUT2D eigenvalue weighted by Crippen LogP contribution is 2.27. The Kier molecular flexibility index (Phi) is 8.42. The highest BCUT2D eigenvalue weighted by atomic mass is 32.1. The van der Waals surface area contributed by atoms with Crippen molar-refractivity contribution in [3.8, 4) is 0 Å². The summed E-state index contributed by atoms with van der Waals surface area (Å²) in [7, 11) is 1.90. The van der Waals surface area contributed by atoms with E-state index in [0.717, 1.165) is 29.7 Å². The predicted molar refractivity (Wildman–Crippen MR) is 157 cm³/mol. The van der Waals surface area contributed by atoms with Crippen LogP contribution in [0.25, 0.3) is 12.2 Å².